The first-order chi connectivity index (χ1) is 33.7. The van der Waals surface area contributed by atoms with Crippen molar-refractivity contribution in [2.24, 2.45) is 0 Å². The molecule has 0 unspecified atom stereocenters. The second-order valence-electron chi connectivity index (χ2n) is 17.9. The topological polar surface area (TPSA) is 38.7 Å². The number of thiophene rings is 1. The molecular formula is C64H39N3S. The Morgan fingerprint density at radius 3 is 1.72 bits per heavy atom. The molecule has 4 heteroatoms. The molecule has 0 atom stereocenters. The maximum Gasteiger partial charge on any atom is 0.164 e. The highest BCUT2D eigenvalue weighted by atomic mass is 32.1. The van der Waals surface area contributed by atoms with E-state index in [1.807, 2.05) is 29.5 Å². The van der Waals surface area contributed by atoms with Crippen molar-refractivity contribution < 1.29 is 0 Å². The molecule has 11 aromatic carbocycles. The van der Waals surface area contributed by atoms with Gasteiger partial charge in [-0.15, -0.1) is 11.3 Å². The number of hydrogen-bond donors (Lipinski definition) is 0. The molecule has 2 aromatic heterocycles. The molecule has 13 aromatic rings. The summed E-state index contributed by atoms with van der Waals surface area (Å²) in [5.74, 6) is 1.91. The van der Waals surface area contributed by atoms with E-state index in [9.17, 15) is 0 Å². The van der Waals surface area contributed by atoms with Gasteiger partial charge < -0.3 is 0 Å². The lowest BCUT2D eigenvalue weighted by Crippen LogP contribution is -2.28. The third-order valence-electron chi connectivity index (χ3n) is 14.2. The lowest BCUT2D eigenvalue weighted by molar-refractivity contribution is 0.770. The van der Waals surface area contributed by atoms with Crippen LogP contribution in [0, 0.1) is 0 Å². The zero-order chi connectivity index (χ0) is 44.8. The van der Waals surface area contributed by atoms with Crippen molar-refractivity contribution in [3.63, 3.8) is 0 Å². The molecule has 68 heavy (non-hydrogen) atoms. The molecule has 0 N–H and O–H groups in total. The monoisotopic (exact) mass is 881 g/mol. The van der Waals surface area contributed by atoms with Gasteiger partial charge in [0.05, 0.1) is 5.41 Å². The van der Waals surface area contributed by atoms with E-state index in [1.165, 1.54) is 86.0 Å². The first kappa shape index (κ1) is 38.7. The van der Waals surface area contributed by atoms with E-state index in [4.69, 9.17) is 15.0 Å². The van der Waals surface area contributed by atoms with E-state index < -0.39 is 5.41 Å². The molecule has 0 saturated carbocycles. The molecule has 0 fully saturated rings. The number of hydrogen-bond acceptors (Lipinski definition) is 4. The van der Waals surface area contributed by atoms with Gasteiger partial charge in [0.1, 0.15) is 0 Å². The summed E-state index contributed by atoms with van der Waals surface area (Å²) < 4.78 is 2.42. The largest absolute Gasteiger partial charge is 0.208 e. The maximum absolute atomic E-state index is 5.45. The van der Waals surface area contributed by atoms with Gasteiger partial charge in [-0.05, 0) is 113 Å². The smallest absolute Gasteiger partial charge is 0.164 e. The quantitative estimate of drug-likeness (QED) is 0.156. The Morgan fingerprint density at radius 2 is 0.882 bits per heavy atom. The molecule has 0 amide bonds. The van der Waals surface area contributed by atoms with Crippen molar-refractivity contribution in [3.8, 4) is 56.4 Å². The van der Waals surface area contributed by atoms with Crippen LogP contribution in [-0.4, -0.2) is 15.0 Å². The average Bonchev–Trinajstić information content (AvgIpc) is 3.94. The summed E-state index contributed by atoms with van der Waals surface area (Å²) >= 11 is 1.81. The van der Waals surface area contributed by atoms with Crippen molar-refractivity contribution in [1.82, 2.24) is 15.0 Å². The van der Waals surface area contributed by atoms with Crippen LogP contribution >= 0.6 is 11.3 Å². The van der Waals surface area contributed by atoms with Gasteiger partial charge in [0, 0.05) is 36.9 Å². The van der Waals surface area contributed by atoms with Gasteiger partial charge in [-0.3, -0.25) is 0 Å². The Morgan fingerprint density at radius 1 is 0.294 bits per heavy atom. The van der Waals surface area contributed by atoms with E-state index in [0.717, 1.165) is 27.6 Å². The number of rotatable bonds is 6. The van der Waals surface area contributed by atoms with Crippen LogP contribution in [0.1, 0.15) is 22.3 Å². The Kier molecular flexibility index (Phi) is 8.67. The molecule has 2 heterocycles. The molecule has 3 nitrogen and oxygen atoms in total. The molecule has 316 valence electrons. The van der Waals surface area contributed by atoms with Crippen LogP contribution in [0.15, 0.2) is 237 Å². The van der Waals surface area contributed by atoms with Gasteiger partial charge in [-0.1, -0.05) is 200 Å². The fourth-order valence-electron chi connectivity index (χ4n) is 11.1. The van der Waals surface area contributed by atoms with Gasteiger partial charge in [0.15, 0.2) is 17.5 Å². The van der Waals surface area contributed by atoms with E-state index in [0.29, 0.717) is 17.5 Å². The highest BCUT2D eigenvalue weighted by molar-refractivity contribution is 7.26. The van der Waals surface area contributed by atoms with Crippen molar-refractivity contribution in [3.05, 3.63) is 259 Å². The summed E-state index contributed by atoms with van der Waals surface area (Å²) in [6.07, 6.45) is 0. The Labute approximate surface area is 397 Å². The second-order valence-corrected chi connectivity index (χ2v) is 19.0. The Hall–Kier alpha value is -8.57. The number of benzene rings is 11. The average molecular weight is 882 g/mol. The van der Waals surface area contributed by atoms with Crippen molar-refractivity contribution in [2.75, 3.05) is 0 Å². The molecular weight excluding hydrogens is 843 g/mol. The summed E-state index contributed by atoms with van der Waals surface area (Å²) in [7, 11) is 0. The highest BCUT2D eigenvalue weighted by Crippen LogP contribution is 2.56. The summed E-state index contributed by atoms with van der Waals surface area (Å²) in [4.78, 5) is 16.1. The Bertz CT molecular complexity index is 4120. The zero-order valence-corrected chi connectivity index (χ0v) is 37.6. The van der Waals surface area contributed by atoms with Crippen molar-refractivity contribution >= 4 is 63.8 Å². The summed E-state index contributed by atoms with van der Waals surface area (Å²) in [5.41, 5.74) is 12.0. The van der Waals surface area contributed by atoms with Crippen LogP contribution < -0.4 is 0 Å². The lowest BCUT2D eigenvalue weighted by Gasteiger charge is -2.34. The van der Waals surface area contributed by atoms with Gasteiger partial charge in [-0.2, -0.15) is 0 Å². The molecule has 0 saturated heterocycles. The standard InChI is InChI=1S/C64H39N3S/c1-2-16-42(17-3-1)61-65-62(47-19-12-20-48(38-47)64(49-33-30-40-14-4-5-18-43(40)37-49)56-25-10-8-22-52(56)53-23-9-11-26-57(53)64)67-63(66-61)54-24-13-27-59-60(54)55-39-45(32-35-58(55)68-59)44-31-34-51-46(36-44)29-28-41-15-6-7-21-50(41)51/h1-39H. The van der Waals surface area contributed by atoms with Crippen LogP contribution in [0.2, 0.25) is 0 Å². The van der Waals surface area contributed by atoms with E-state index >= 15 is 0 Å². The second kappa shape index (κ2) is 15.2. The van der Waals surface area contributed by atoms with Crippen molar-refractivity contribution in [1.29, 1.82) is 0 Å². The summed E-state index contributed by atoms with van der Waals surface area (Å²) in [6.45, 7) is 0. The molecule has 0 spiro atoms. The molecule has 0 radical (unpaired) electrons. The molecule has 1 aliphatic rings. The van der Waals surface area contributed by atoms with Gasteiger partial charge in [-0.25, -0.2) is 15.0 Å². The Balaban J connectivity index is 0.961. The predicted molar refractivity (Wildman–Crippen MR) is 284 cm³/mol. The minimum absolute atomic E-state index is 0.594. The minimum Gasteiger partial charge on any atom is -0.208 e. The third-order valence-corrected chi connectivity index (χ3v) is 15.3. The number of aromatic nitrogens is 3. The third kappa shape index (κ3) is 5.94. The van der Waals surface area contributed by atoms with Gasteiger partial charge >= 0.3 is 0 Å². The molecule has 14 rings (SSSR count). The first-order valence-electron chi connectivity index (χ1n) is 23.2. The SMILES string of the molecule is c1ccc(-c2nc(-c3cccc(C4(c5ccc6ccccc6c5)c5ccccc5-c5ccccc54)c3)nc(-c3cccc4sc5ccc(-c6ccc7c(ccc8ccccc87)c6)cc5c34)n2)cc1. The lowest BCUT2D eigenvalue weighted by atomic mass is 9.67. The summed E-state index contributed by atoms with van der Waals surface area (Å²) in [6, 6.07) is 86.0. The van der Waals surface area contributed by atoms with E-state index in [2.05, 4.69) is 218 Å². The maximum atomic E-state index is 5.45. The fraction of sp³-hybridized carbons (Fsp3) is 0.0156. The van der Waals surface area contributed by atoms with Crippen LogP contribution in [0.25, 0.3) is 109 Å². The van der Waals surface area contributed by atoms with Gasteiger partial charge in [0.2, 0.25) is 0 Å². The van der Waals surface area contributed by atoms with Crippen LogP contribution in [0.4, 0.5) is 0 Å². The predicted octanol–water partition coefficient (Wildman–Crippen LogP) is 16.7. The molecule has 0 bridgehead atoms. The number of nitrogens with zero attached hydrogens (tertiary/aromatic N) is 3. The normalized spacial score (nSPS) is 12.8. The number of fused-ring (bicyclic) bond motifs is 10. The van der Waals surface area contributed by atoms with Crippen LogP contribution in [0.3, 0.4) is 0 Å². The van der Waals surface area contributed by atoms with Crippen LogP contribution in [-0.2, 0) is 5.41 Å². The van der Waals surface area contributed by atoms with Crippen molar-refractivity contribution in [2.45, 2.75) is 5.41 Å². The fourth-order valence-corrected chi connectivity index (χ4v) is 12.2. The molecule has 0 aliphatic heterocycles. The summed E-state index contributed by atoms with van der Waals surface area (Å²) in [5, 5.41) is 9.81. The van der Waals surface area contributed by atoms with E-state index in [1.54, 1.807) is 0 Å². The minimum atomic E-state index is -0.594. The van der Waals surface area contributed by atoms with E-state index in [-0.39, 0.29) is 0 Å². The molecule has 1 aliphatic carbocycles. The highest BCUT2D eigenvalue weighted by Gasteiger charge is 2.46. The zero-order valence-electron chi connectivity index (χ0n) is 36.8. The first-order valence-corrected chi connectivity index (χ1v) is 24.0. The van der Waals surface area contributed by atoms with Gasteiger partial charge in [0.25, 0.3) is 0 Å². The van der Waals surface area contributed by atoms with Crippen LogP contribution in [0.5, 0.6) is 0 Å².